The molecule has 0 spiro atoms. The van der Waals surface area contributed by atoms with Crippen molar-refractivity contribution in [3.63, 3.8) is 0 Å². The van der Waals surface area contributed by atoms with Gasteiger partial charge in [-0.3, -0.25) is 4.98 Å². The fraction of sp³-hybridized carbons (Fsp3) is 0.400. The first-order chi connectivity index (χ1) is 6.70. The molecule has 0 aliphatic heterocycles. The zero-order chi connectivity index (χ0) is 10.6. The number of nitrogens with zero attached hydrogens (tertiary/aromatic N) is 1. The second kappa shape index (κ2) is 4.60. The maximum Gasteiger partial charge on any atom is 0.343 e. The number of ether oxygens (including phenoxy) is 2. The van der Waals surface area contributed by atoms with E-state index in [1.165, 1.54) is 7.11 Å². The number of carbonyl (C=O) groups excluding carboxylic acids is 1. The number of pyridine rings is 1. The zero-order valence-electron chi connectivity index (χ0n) is 8.53. The summed E-state index contributed by atoms with van der Waals surface area (Å²) in [7, 11) is 1.51. The molecule has 0 N–H and O–H groups in total. The molecule has 1 rings (SSSR count). The number of carbonyl (C=O) groups is 1. The van der Waals surface area contributed by atoms with Gasteiger partial charge in [-0.2, -0.15) is 0 Å². The number of rotatable bonds is 3. The Kier molecular flexibility index (Phi) is 3.45. The Balaban J connectivity index is 3.10. The van der Waals surface area contributed by atoms with Gasteiger partial charge in [0.25, 0.3) is 0 Å². The highest BCUT2D eigenvalue weighted by molar-refractivity contribution is 5.93. The van der Waals surface area contributed by atoms with E-state index in [9.17, 15) is 4.79 Å². The van der Waals surface area contributed by atoms with Crippen molar-refractivity contribution in [2.45, 2.75) is 13.8 Å². The lowest BCUT2D eigenvalue weighted by Crippen LogP contribution is -2.09. The summed E-state index contributed by atoms with van der Waals surface area (Å²) < 4.78 is 9.95. The van der Waals surface area contributed by atoms with E-state index in [2.05, 4.69) is 4.98 Å². The van der Waals surface area contributed by atoms with E-state index in [0.717, 1.165) is 0 Å². The molecule has 0 aromatic carbocycles. The summed E-state index contributed by atoms with van der Waals surface area (Å²) in [4.78, 5) is 15.5. The SMILES string of the molecule is CCOC(=O)c1c(OC)ccnc1C. The fourth-order valence-electron chi connectivity index (χ4n) is 1.16. The first-order valence-electron chi connectivity index (χ1n) is 4.37. The molecule has 0 saturated heterocycles. The molecule has 1 aromatic rings. The van der Waals surface area contributed by atoms with Crippen molar-refractivity contribution in [2.24, 2.45) is 0 Å². The Morgan fingerprint density at radius 3 is 2.86 bits per heavy atom. The van der Waals surface area contributed by atoms with E-state index in [1.54, 1.807) is 26.1 Å². The topological polar surface area (TPSA) is 48.4 Å². The number of methoxy groups -OCH3 is 1. The van der Waals surface area contributed by atoms with Gasteiger partial charge < -0.3 is 9.47 Å². The van der Waals surface area contributed by atoms with E-state index in [0.29, 0.717) is 23.6 Å². The molecule has 14 heavy (non-hydrogen) atoms. The summed E-state index contributed by atoms with van der Waals surface area (Å²) in [6, 6.07) is 1.64. The lowest BCUT2D eigenvalue weighted by Gasteiger charge is -2.08. The molecule has 0 saturated carbocycles. The quantitative estimate of drug-likeness (QED) is 0.687. The molecule has 0 amide bonds. The second-order valence-electron chi connectivity index (χ2n) is 2.69. The molecule has 0 fully saturated rings. The van der Waals surface area contributed by atoms with Gasteiger partial charge in [-0.15, -0.1) is 0 Å². The Hall–Kier alpha value is -1.58. The van der Waals surface area contributed by atoms with Crippen LogP contribution in [0, 0.1) is 6.92 Å². The smallest absolute Gasteiger partial charge is 0.343 e. The molecule has 0 radical (unpaired) electrons. The molecule has 0 aliphatic carbocycles. The van der Waals surface area contributed by atoms with Gasteiger partial charge in [-0.05, 0) is 19.9 Å². The lowest BCUT2D eigenvalue weighted by molar-refractivity contribution is 0.0521. The summed E-state index contributed by atoms with van der Waals surface area (Å²) in [5.74, 6) is 0.103. The van der Waals surface area contributed by atoms with Gasteiger partial charge in [-0.25, -0.2) is 4.79 Å². The summed E-state index contributed by atoms with van der Waals surface area (Å²) in [6.07, 6.45) is 1.59. The van der Waals surface area contributed by atoms with Gasteiger partial charge in [0, 0.05) is 6.20 Å². The van der Waals surface area contributed by atoms with Crippen LogP contribution in [0.4, 0.5) is 0 Å². The van der Waals surface area contributed by atoms with Crippen molar-refractivity contribution in [3.8, 4) is 5.75 Å². The van der Waals surface area contributed by atoms with E-state index >= 15 is 0 Å². The second-order valence-corrected chi connectivity index (χ2v) is 2.69. The number of aryl methyl sites for hydroxylation is 1. The van der Waals surface area contributed by atoms with Crippen LogP contribution in [0.2, 0.25) is 0 Å². The molecule has 0 atom stereocenters. The number of hydrogen-bond donors (Lipinski definition) is 0. The average molecular weight is 195 g/mol. The maximum atomic E-state index is 11.5. The molecule has 0 unspecified atom stereocenters. The Bertz CT molecular complexity index is 336. The van der Waals surface area contributed by atoms with Crippen molar-refractivity contribution >= 4 is 5.97 Å². The minimum atomic E-state index is -0.394. The van der Waals surface area contributed by atoms with E-state index in [4.69, 9.17) is 9.47 Å². The summed E-state index contributed by atoms with van der Waals surface area (Å²) in [6.45, 7) is 3.85. The summed E-state index contributed by atoms with van der Waals surface area (Å²) in [5, 5.41) is 0. The third kappa shape index (κ3) is 2.02. The van der Waals surface area contributed by atoms with Crippen molar-refractivity contribution in [2.75, 3.05) is 13.7 Å². The zero-order valence-corrected chi connectivity index (χ0v) is 8.53. The van der Waals surface area contributed by atoms with Gasteiger partial charge >= 0.3 is 5.97 Å². The van der Waals surface area contributed by atoms with Crippen LogP contribution in [0.15, 0.2) is 12.3 Å². The van der Waals surface area contributed by atoms with Crippen molar-refractivity contribution < 1.29 is 14.3 Å². The number of hydrogen-bond acceptors (Lipinski definition) is 4. The standard InChI is InChI=1S/C10H13NO3/c1-4-14-10(12)9-7(2)11-6-5-8(9)13-3/h5-6H,4H2,1-3H3. The minimum Gasteiger partial charge on any atom is -0.496 e. The predicted molar refractivity (Wildman–Crippen MR) is 51.5 cm³/mol. The van der Waals surface area contributed by atoms with Crippen LogP contribution >= 0.6 is 0 Å². The monoisotopic (exact) mass is 195 g/mol. The molecule has 0 bridgehead atoms. The largest absolute Gasteiger partial charge is 0.496 e. The van der Waals surface area contributed by atoms with Crippen LogP contribution in [-0.4, -0.2) is 24.7 Å². The van der Waals surface area contributed by atoms with Crippen LogP contribution in [-0.2, 0) is 4.74 Å². The van der Waals surface area contributed by atoms with E-state index < -0.39 is 5.97 Å². The van der Waals surface area contributed by atoms with E-state index in [-0.39, 0.29) is 0 Å². The van der Waals surface area contributed by atoms with Crippen LogP contribution in [0.5, 0.6) is 5.75 Å². The third-order valence-corrected chi connectivity index (χ3v) is 1.80. The van der Waals surface area contributed by atoms with E-state index in [1.807, 2.05) is 0 Å². The van der Waals surface area contributed by atoms with Crippen molar-refractivity contribution in [3.05, 3.63) is 23.5 Å². The summed E-state index contributed by atoms with van der Waals surface area (Å²) >= 11 is 0. The first-order valence-corrected chi connectivity index (χ1v) is 4.37. The highest BCUT2D eigenvalue weighted by Crippen LogP contribution is 2.20. The van der Waals surface area contributed by atoms with Crippen molar-refractivity contribution in [1.82, 2.24) is 4.98 Å². The van der Waals surface area contributed by atoms with Crippen molar-refractivity contribution in [1.29, 1.82) is 0 Å². The summed E-state index contributed by atoms with van der Waals surface area (Å²) in [5.41, 5.74) is 1.01. The molecule has 4 nitrogen and oxygen atoms in total. The number of aromatic nitrogens is 1. The van der Waals surface area contributed by atoms with Gasteiger partial charge in [0.05, 0.1) is 19.4 Å². The molecule has 76 valence electrons. The maximum absolute atomic E-state index is 11.5. The average Bonchev–Trinajstić information content (AvgIpc) is 2.17. The molecule has 1 heterocycles. The van der Waals surface area contributed by atoms with Crippen LogP contribution < -0.4 is 4.74 Å². The lowest BCUT2D eigenvalue weighted by atomic mass is 10.2. The highest BCUT2D eigenvalue weighted by atomic mass is 16.5. The Morgan fingerprint density at radius 1 is 1.57 bits per heavy atom. The fourth-order valence-corrected chi connectivity index (χ4v) is 1.16. The Labute approximate surface area is 82.9 Å². The Morgan fingerprint density at radius 2 is 2.29 bits per heavy atom. The molecular weight excluding hydrogens is 182 g/mol. The van der Waals surface area contributed by atoms with Gasteiger partial charge in [-0.1, -0.05) is 0 Å². The predicted octanol–water partition coefficient (Wildman–Crippen LogP) is 1.58. The van der Waals surface area contributed by atoms with Crippen LogP contribution in [0.1, 0.15) is 23.0 Å². The normalized spacial score (nSPS) is 9.64. The van der Waals surface area contributed by atoms with Gasteiger partial charge in [0.2, 0.25) is 0 Å². The number of esters is 1. The van der Waals surface area contributed by atoms with Gasteiger partial charge in [0.1, 0.15) is 11.3 Å². The van der Waals surface area contributed by atoms with Crippen LogP contribution in [0.3, 0.4) is 0 Å². The minimum absolute atomic E-state index is 0.344. The molecule has 1 aromatic heterocycles. The molecular formula is C10H13NO3. The molecule has 4 heteroatoms. The van der Waals surface area contributed by atoms with Crippen LogP contribution in [0.25, 0.3) is 0 Å². The first kappa shape index (κ1) is 10.5. The molecule has 0 aliphatic rings. The van der Waals surface area contributed by atoms with Gasteiger partial charge in [0.15, 0.2) is 0 Å². The highest BCUT2D eigenvalue weighted by Gasteiger charge is 2.16. The third-order valence-electron chi connectivity index (χ3n) is 1.80.